The van der Waals surface area contributed by atoms with Crippen molar-refractivity contribution >= 4 is 15.7 Å². The normalized spacial score (nSPS) is 23.5. The maximum absolute atomic E-state index is 12.6. The van der Waals surface area contributed by atoms with Crippen molar-refractivity contribution in [2.45, 2.75) is 50.0 Å². The minimum Gasteiger partial charge on any atom is -0.387 e. The molecule has 2 rings (SSSR count). The zero-order valence-corrected chi connectivity index (χ0v) is 13.0. The van der Waals surface area contributed by atoms with Crippen molar-refractivity contribution in [3.8, 4) is 0 Å². The molecule has 0 aromatic heterocycles. The van der Waals surface area contributed by atoms with E-state index in [2.05, 4.69) is 17.0 Å². The van der Waals surface area contributed by atoms with E-state index in [1.165, 1.54) is 6.42 Å². The lowest BCUT2D eigenvalue weighted by Crippen LogP contribution is -2.41. The van der Waals surface area contributed by atoms with Gasteiger partial charge in [-0.25, -0.2) is 13.1 Å². The average molecular weight is 296 g/mol. The highest BCUT2D eigenvalue weighted by Gasteiger charge is 2.29. The summed E-state index contributed by atoms with van der Waals surface area (Å²) in [6, 6.07) is 7.10. The van der Waals surface area contributed by atoms with Gasteiger partial charge in [0.25, 0.3) is 0 Å². The monoisotopic (exact) mass is 296 g/mol. The summed E-state index contributed by atoms with van der Waals surface area (Å²) in [6.45, 7) is 2.14. The van der Waals surface area contributed by atoms with Crippen molar-refractivity contribution < 1.29 is 8.42 Å². The Bertz CT molecular complexity index is 543. The van der Waals surface area contributed by atoms with E-state index in [0.717, 1.165) is 25.7 Å². The molecule has 0 spiro atoms. The number of nitrogens with one attached hydrogen (secondary N) is 2. The number of para-hydroxylation sites is 1. The van der Waals surface area contributed by atoms with Crippen molar-refractivity contribution in [2.24, 2.45) is 5.92 Å². The molecule has 1 aliphatic carbocycles. The molecular formula is C15H24N2O2S. The molecule has 4 nitrogen and oxygen atoms in total. The lowest BCUT2D eigenvalue weighted by Gasteiger charge is -2.31. The van der Waals surface area contributed by atoms with Gasteiger partial charge in [-0.3, -0.25) is 0 Å². The number of rotatable bonds is 5. The molecule has 1 fully saturated rings. The van der Waals surface area contributed by atoms with E-state index in [9.17, 15) is 8.42 Å². The molecule has 2 unspecified atom stereocenters. The van der Waals surface area contributed by atoms with Crippen LogP contribution in [-0.2, 0) is 10.0 Å². The number of anilines is 1. The highest BCUT2D eigenvalue weighted by Crippen LogP contribution is 2.29. The fraction of sp³-hybridized carbons (Fsp3) is 0.600. The Morgan fingerprint density at radius 1 is 1.20 bits per heavy atom. The molecule has 1 aromatic rings. The second-order valence-corrected chi connectivity index (χ2v) is 7.11. The predicted octanol–water partition coefficient (Wildman–Crippen LogP) is 2.98. The van der Waals surface area contributed by atoms with Crippen LogP contribution in [0.4, 0.5) is 5.69 Å². The van der Waals surface area contributed by atoms with Crippen molar-refractivity contribution in [1.82, 2.24) is 4.72 Å². The third-order valence-corrected chi connectivity index (χ3v) is 5.73. The van der Waals surface area contributed by atoms with Crippen LogP contribution >= 0.6 is 0 Å². The molecule has 2 N–H and O–H groups in total. The maximum Gasteiger partial charge on any atom is 0.242 e. The lowest BCUT2D eigenvalue weighted by atomic mass is 9.83. The fourth-order valence-corrected chi connectivity index (χ4v) is 4.57. The lowest BCUT2D eigenvalue weighted by molar-refractivity contribution is 0.282. The smallest absolute Gasteiger partial charge is 0.242 e. The quantitative estimate of drug-likeness (QED) is 0.878. The van der Waals surface area contributed by atoms with E-state index >= 15 is 0 Å². The molecule has 0 aliphatic heterocycles. The molecule has 0 bridgehead atoms. The van der Waals surface area contributed by atoms with Gasteiger partial charge in [0.2, 0.25) is 10.0 Å². The van der Waals surface area contributed by atoms with Crippen LogP contribution in [0.2, 0.25) is 0 Å². The van der Waals surface area contributed by atoms with Gasteiger partial charge in [-0.15, -0.1) is 0 Å². The Balaban J connectivity index is 2.22. The molecule has 0 heterocycles. The second kappa shape index (κ2) is 6.59. The molecule has 5 heteroatoms. The number of hydrogen-bond acceptors (Lipinski definition) is 3. The summed E-state index contributed by atoms with van der Waals surface area (Å²) in [4.78, 5) is 0.336. The van der Waals surface area contributed by atoms with Crippen LogP contribution in [0.15, 0.2) is 29.2 Å². The first-order valence-corrected chi connectivity index (χ1v) is 8.86. The Hall–Kier alpha value is -1.07. The minimum absolute atomic E-state index is 0.0728. The van der Waals surface area contributed by atoms with Gasteiger partial charge in [0.1, 0.15) is 4.90 Å². The van der Waals surface area contributed by atoms with Gasteiger partial charge in [0.05, 0.1) is 5.69 Å². The standard InChI is InChI=1S/C15H24N2O2S/c1-3-12-8-4-5-9-13(12)17-20(18,19)15-11-7-6-10-14(15)16-2/h6-7,10-13,16-17H,3-5,8-9H2,1-2H3. The molecule has 0 radical (unpaired) electrons. The summed E-state index contributed by atoms with van der Waals surface area (Å²) in [5.41, 5.74) is 0.642. The predicted molar refractivity (Wildman–Crippen MR) is 82.3 cm³/mol. The molecule has 1 aliphatic rings. The van der Waals surface area contributed by atoms with Crippen molar-refractivity contribution in [2.75, 3.05) is 12.4 Å². The van der Waals surface area contributed by atoms with Crippen molar-refractivity contribution in [1.29, 1.82) is 0 Å². The van der Waals surface area contributed by atoms with E-state index in [-0.39, 0.29) is 6.04 Å². The zero-order valence-electron chi connectivity index (χ0n) is 12.2. The molecular weight excluding hydrogens is 272 g/mol. The summed E-state index contributed by atoms with van der Waals surface area (Å²) >= 11 is 0. The topological polar surface area (TPSA) is 58.2 Å². The first-order chi connectivity index (χ1) is 9.58. The molecule has 112 valence electrons. The Morgan fingerprint density at radius 2 is 1.90 bits per heavy atom. The maximum atomic E-state index is 12.6. The van der Waals surface area contributed by atoms with E-state index in [1.807, 2.05) is 6.07 Å². The van der Waals surface area contributed by atoms with Crippen LogP contribution in [-0.4, -0.2) is 21.5 Å². The van der Waals surface area contributed by atoms with Crippen LogP contribution in [0.3, 0.4) is 0 Å². The van der Waals surface area contributed by atoms with E-state index in [0.29, 0.717) is 16.5 Å². The molecule has 20 heavy (non-hydrogen) atoms. The first kappa shape index (κ1) is 15.3. The van der Waals surface area contributed by atoms with Gasteiger partial charge >= 0.3 is 0 Å². The van der Waals surface area contributed by atoms with Gasteiger partial charge in [-0.1, -0.05) is 38.3 Å². The Morgan fingerprint density at radius 3 is 2.60 bits per heavy atom. The first-order valence-electron chi connectivity index (χ1n) is 7.37. The summed E-state index contributed by atoms with van der Waals surface area (Å²) in [6.07, 6.45) is 5.42. The fourth-order valence-electron chi connectivity index (χ4n) is 3.02. The van der Waals surface area contributed by atoms with Gasteiger partial charge in [0, 0.05) is 13.1 Å². The van der Waals surface area contributed by atoms with Crippen molar-refractivity contribution in [3.05, 3.63) is 24.3 Å². The SMILES string of the molecule is CCC1CCCCC1NS(=O)(=O)c1ccccc1NC. The van der Waals surface area contributed by atoms with E-state index in [4.69, 9.17) is 0 Å². The molecule has 0 amide bonds. The summed E-state index contributed by atoms with van der Waals surface area (Å²) < 4.78 is 28.1. The van der Waals surface area contributed by atoms with Crippen molar-refractivity contribution in [3.63, 3.8) is 0 Å². The number of benzene rings is 1. The van der Waals surface area contributed by atoms with Gasteiger partial charge in [0.15, 0.2) is 0 Å². The zero-order chi connectivity index (χ0) is 14.6. The second-order valence-electron chi connectivity index (χ2n) is 5.43. The summed E-state index contributed by atoms with van der Waals surface area (Å²) in [5.74, 6) is 0.459. The summed E-state index contributed by atoms with van der Waals surface area (Å²) in [7, 11) is -1.72. The number of hydrogen-bond donors (Lipinski definition) is 2. The van der Waals surface area contributed by atoms with Crippen LogP contribution < -0.4 is 10.0 Å². The number of sulfonamides is 1. The summed E-state index contributed by atoms with van der Waals surface area (Å²) in [5, 5.41) is 2.94. The third kappa shape index (κ3) is 3.33. The van der Waals surface area contributed by atoms with E-state index in [1.54, 1.807) is 25.2 Å². The highest BCUT2D eigenvalue weighted by atomic mass is 32.2. The van der Waals surface area contributed by atoms with Gasteiger partial charge in [-0.2, -0.15) is 0 Å². The highest BCUT2D eigenvalue weighted by molar-refractivity contribution is 7.89. The molecule has 2 atom stereocenters. The van der Waals surface area contributed by atoms with Crippen LogP contribution in [0.25, 0.3) is 0 Å². The van der Waals surface area contributed by atoms with Crippen LogP contribution in [0.5, 0.6) is 0 Å². The Kier molecular flexibility index (Phi) is 5.05. The molecule has 0 saturated heterocycles. The Labute approximate surface area is 122 Å². The van der Waals surface area contributed by atoms with Crippen LogP contribution in [0.1, 0.15) is 39.0 Å². The average Bonchev–Trinajstić information content (AvgIpc) is 2.47. The minimum atomic E-state index is -3.46. The van der Waals surface area contributed by atoms with Crippen LogP contribution in [0, 0.1) is 5.92 Å². The largest absolute Gasteiger partial charge is 0.387 e. The van der Waals surface area contributed by atoms with Gasteiger partial charge < -0.3 is 5.32 Å². The molecule has 1 saturated carbocycles. The van der Waals surface area contributed by atoms with Gasteiger partial charge in [-0.05, 0) is 30.9 Å². The molecule has 1 aromatic carbocycles. The van der Waals surface area contributed by atoms with E-state index < -0.39 is 10.0 Å². The third-order valence-electron chi connectivity index (χ3n) is 4.19.